The molecule has 3 heterocycles. The number of rotatable bonds is 7. The number of para-hydroxylation sites is 1. The zero-order valence-electron chi connectivity index (χ0n) is 19.1. The first kappa shape index (κ1) is 23.6. The van der Waals surface area contributed by atoms with Crippen molar-refractivity contribution in [1.82, 2.24) is 19.8 Å². The summed E-state index contributed by atoms with van der Waals surface area (Å²) in [7, 11) is 0. The molecule has 4 aromatic rings. The number of nitrogens with one attached hydrogen (secondary N) is 2. The smallest absolute Gasteiger partial charge is 0.226 e. The van der Waals surface area contributed by atoms with Crippen molar-refractivity contribution in [2.45, 2.75) is 18.5 Å². The highest BCUT2D eigenvalue weighted by Gasteiger charge is 2.41. The molecule has 1 fully saturated rings. The van der Waals surface area contributed by atoms with Gasteiger partial charge < -0.3 is 20.1 Å². The van der Waals surface area contributed by atoms with E-state index in [1.54, 1.807) is 30.5 Å². The minimum absolute atomic E-state index is 0.0961. The lowest BCUT2D eigenvalue weighted by Crippen LogP contribution is -2.33. The molecule has 0 aliphatic carbocycles. The number of amides is 1. The minimum Gasteiger partial charge on any atom is -0.352 e. The molecule has 2 aromatic carbocycles. The van der Waals surface area contributed by atoms with E-state index in [2.05, 4.69) is 15.6 Å². The molecule has 6 nitrogen and oxygen atoms in total. The molecule has 1 aliphatic rings. The van der Waals surface area contributed by atoms with Crippen LogP contribution in [-0.2, 0) is 4.79 Å². The van der Waals surface area contributed by atoms with Crippen LogP contribution in [0.2, 0.25) is 0 Å². The van der Waals surface area contributed by atoms with E-state index in [0.29, 0.717) is 11.7 Å². The molecule has 0 spiro atoms. The number of nitrogens with zero attached hydrogens (tertiary/aromatic N) is 3. The summed E-state index contributed by atoms with van der Waals surface area (Å²) in [4.78, 5) is 19.2. The van der Waals surface area contributed by atoms with Crippen molar-refractivity contribution in [2.24, 2.45) is 0 Å². The molecule has 1 amide bonds. The fourth-order valence-corrected chi connectivity index (χ4v) is 4.77. The Balaban J connectivity index is 1.44. The Hall–Kier alpha value is -4.11. The second kappa shape index (κ2) is 10.2. The summed E-state index contributed by atoms with van der Waals surface area (Å²) in [5.74, 6) is -1.13. The van der Waals surface area contributed by atoms with Gasteiger partial charge in [-0.25, -0.2) is 8.78 Å². The van der Waals surface area contributed by atoms with Crippen LogP contribution in [0.1, 0.15) is 29.9 Å². The third-order valence-electron chi connectivity index (χ3n) is 6.11. The van der Waals surface area contributed by atoms with Gasteiger partial charge in [0.2, 0.25) is 5.91 Å². The Morgan fingerprint density at radius 2 is 1.78 bits per heavy atom. The number of benzene rings is 2. The van der Waals surface area contributed by atoms with E-state index in [0.717, 1.165) is 17.1 Å². The molecule has 0 saturated carbocycles. The van der Waals surface area contributed by atoms with E-state index in [4.69, 9.17) is 12.2 Å². The van der Waals surface area contributed by atoms with Gasteiger partial charge in [0.1, 0.15) is 11.6 Å². The highest BCUT2D eigenvalue weighted by atomic mass is 32.1. The van der Waals surface area contributed by atoms with E-state index < -0.39 is 5.82 Å². The van der Waals surface area contributed by atoms with Gasteiger partial charge in [-0.1, -0.05) is 18.2 Å². The minimum atomic E-state index is -0.491. The van der Waals surface area contributed by atoms with Gasteiger partial charge in [-0.2, -0.15) is 0 Å². The highest BCUT2D eigenvalue weighted by molar-refractivity contribution is 7.80. The van der Waals surface area contributed by atoms with Crippen LogP contribution in [-0.4, -0.2) is 32.0 Å². The van der Waals surface area contributed by atoms with E-state index in [-0.39, 0.29) is 35.9 Å². The zero-order valence-corrected chi connectivity index (χ0v) is 20.0. The molecule has 36 heavy (non-hydrogen) atoms. The fourth-order valence-electron chi connectivity index (χ4n) is 4.44. The van der Waals surface area contributed by atoms with Crippen molar-refractivity contribution in [1.29, 1.82) is 0 Å². The van der Waals surface area contributed by atoms with Crippen LogP contribution < -0.4 is 10.6 Å². The van der Waals surface area contributed by atoms with Gasteiger partial charge in [0, 0.05) is 36.7 Å². The summed E-state index contributed by atoms with van der Waals surface area (Å²) < 4.78 is 29.5. The average molecular weight is 504 g/mol. The largest absolute Gasteiger partial charge is 0.352 e. The van der Waals surface area contributed by atoms with Crippen LogP contribution in [0.15, 0.2) is 91.3 Å². The third kappa shape index (κ3) is 4.83. The topological polar surface area (TPSA) is 62.2 Å². The molecule has 2 aromatic heterocycles. The molecule has 0 bridgehead atoms. The first-order valence-electron chi connectivity index (χ1n) is 11.5. The SMILES string of the molecule is O=C(CCN1C(=S)N[C@@H](c2ccccn2)[C@@H]1c1cccn1-c1ccc(F)cc1)Nc1ccccc1F. The second-order valence-electron chi connectivity index (χ2n) is 8.38. The number of thiocarbonyl (C=S) groups is 1. The Morgan fingerprint density at radius 1 is 1.00 bits per heavy atom. The first-order valence-corrected chi connectivity index (χ1v) is 11.9. The summed E-state index contributed by atoms with van der Waals surface area (Å²) in [6, 6.07) is 21.3. The van der Waals surface area contributed by atoms with Crippen LogP contribution in [0.4, 0.5) is 14.5 Å². The number of carbonyl (C=O) groups excluding carboxylic acids is 1. The molecule has 5 rings (SSSR count). The highest BCUT2D eigenvalue weighted by Crippen LogP contribution is 2.39. The molecule has 2 N–H and O–H groups in total. The summed E-state index contributed by atoms with van der Waals surface area (Å²) in [5.41, 5.74) is 2.64. The van der Waals surface area contributed by atoms with Crippen molar-refractivity contribution < 1.29 is 13.6 Å². The molecule has 9 heteroatoms. The van der Waals surface area contributed by atoms with Crippen LogP contribution >= 0.6 is 12.2 Å². The van der Waals surface area contributed by atoms with E-state index in [1.807, 2.05) is 46.0 Å². The number of carbonyl (C=O) groups is 1. The molecular formula is C27H23F2N5OS. The molecule has 1 saturated heterocycles. The van der Waals surface area contributed by atoms with Gasteiger partial charge in [-0.3, -0.25) is 9.78 Å². The van der Waals surface area contributed by atoms with Gasteiger partial charge >= 0.3 is 0 Å². The molecule has 1 aliphatic heterocycles. The van der Waals surface area contributed by atoms with Crippen LogP contribution in [0.3, 0.4) is 0 Å². The molecule has 182 valence electrons. The summed E-state index contributed by atoms with van der Waals surface area (Å²) >= 11 is 5.68. The van der Waals surface area contributed by atoms with Crippen LogP contribution in [0.5, 0.6) is 0 Å². The lowest BCUT2D eigenvalue weighted by Gasteiger charge is -2.28. The van der Waals surface area contributed by atoms with Crippen LogP contribution in [0.25, 0.3) is 5.69 Å². The normalized spacial score (nSPS) is 17.2. The lowest BCUT2D eigenvalue weighted by molar-refractivity contribution is -0.116. The number of pyridine rings is 1. The first-order chi connectivity index (χ1) is 17.5. The molecule has 0 radical (unpaired) electrons. The molecule has 2 atom stereocenters. The average Bonchev–Trinajstić information content (AvgIpc) is 3.49. The van der Waals surface area contributed by atoms with E-state index in [1.165, 1.54) is 24.3 Å². The van der Waals surface area contributed by atoms with Gasteiger partial charge in [-0.15, -0.1) is 0 Å². The van der Waals surface area contributed by atoms with Crippen molar-refractivity contribution in [2.75, 3.05) is 11.9 Å². The standard InChI is InChI=1S/C27H23F2N5OS/c28-18-10-12-19(13-11-18)33-16-5-9-23(33)26-25(22-8-3-4-15-30-22)32-27(36)34(26)17-14-24(35)31-21-7-2-1-6-20(21)29/h1-13,15-16,25-26H,14,17H2,(H,31,35)(H,32,36)/t25-,26-/m0/s1. The quantitative estimate of drug-likeness (QED) is 0.342. The second-order valence-corrected chi connectivity index (χ2v) is 8.76. The monoisotopic (exact) mass is 503 g/mol. The van der Waals surface area contributed by atoms with E-state index in [9.17, 15) is 13.6 Å². The number of anilines is 1. The van der Waals surface area contributed by atoms with Crippen LogP contribution in [0, 0.1) is 11.6 Å². The number of hydrogen-bond acceptors (Lipinski definition) is 3. The summed E-state index contributed by atoms with van der Waals surface area (Å²) in [5, 5.41) is 6.47. The number of halogens is 2. The van der Waals surface area contributed by atoms with Gasteiger partial charge in [-0.05, 0) is 72.9 Å². The van der Waals surface area contributed by atoms with E-state index >= 15 is 0 Å². The molecular weight excluding hydrogens is 480 g/mol. The zero-order chi connectivity index (χ0) is 25.1. The van der Waals surface area contributed by atoms with Crippen molar-refractivity contribution in [3.8, 4) is 5.69 Å². The van der Waals surface area contributed by atoms with Gasteiger partial charge in [0.25, 0.3) is 0 Å². The van der Waals surface area contributed by atoms with Gasteiger partial charge in [0.05, 0.1) is 23.5 Å². The third-order valence-corrected chi connectivity index (χ3v) is 6.47. The maximum atomic E-state index is 14.0. The maximum Gasteiger partial charge on any atom is 0.226 e. The van der Waals surface area contributed by atoms with Crippen molar-refractivity contribution in [3.63, 3.8) is 0 Å². The predicted molar refractivity (Wildman–Crippen MR) is 138 cm³/mol. The Kier molecular flexibility index (Phi) is 6.73. The Labute approximate surface area is 212 Å². The van der Waals surface area contributed by atoms with Crippen molar-refractivity contribution >= 4 is 28.9 Å². The Bertz CT molecular complexity index is 1380. The fraction of sp³-hybridized carbons (Fsp3) is 0.148. The maximum absolute atomic E-state index is 14.0. The molecule has 0 unspecified atom stereocenters. The van der Waals surface area contributed by atoms with Gasteiger partial charge in [0.15, 0.2) is 5.11 Å². The lowest BCUT2D eigenvalue weighted by atomic mass is 10.0. The number of aromatic nitrogens is 2. The van der Waals surface area contributed by atoms with Crippen molar-refractivity contribution in [3.05, 3.63) is 114 Å². The summed E-state index contributed by atoms with van der Waals surface area (Å²) in [6.45, 7) is 0.300. The number of hydrogen-bond donors (Lipinski definition) is 2. The Morgan fingerprint density at radius 3 is 2.53 bits per heavy atom. The summed E-state index contributed by atoms with van der Waals surface area (Å²) in [6.07, 6.45) is 3.72. The predicted octanol–water partition coefficient (Wildman–Crippen LogP) is 5.15.